The topological polar surface area (TPSA) is 56.0 Å². The van der Waals surface area contributed by atoms with Crippen LogP contribution in [0.5, 0.6) is 0 Å². The monoisotopic (exact) mass is 332 g/mol. The summed E-state index contributed by atoms with van der Waals surface area (Å²) in [5.41, 5.74) is 5.47. The smallest absolute Gasteiger partial charge is 0.336 e. The summed E-state index contributed by atoms with van der Waals surface area (Å²) in [6.07, 6.45) is 0. The lowest BCUT2D eigenvalue weighted by Gasteiger charge is -2.12. The second-order valence-electron chi connectivity index (χ2n) is 5.44. The number of aromatic nitrogens is 2. The van der Waals surface area contributed by atoms with E-state index in [2.05, 4.69) is 37.0 Å². The Balaban J connectivity index is 2.07. The fourth-order valence-corrected chi connectivity index (χ4v) is 3.98. The predicted molar refractivity (Wildman–Crippen MR) is 90.8 cm³/mol. The summed E-state index contributed by atoms with van der Waals surface area (Å²) < 4.78 is 6.27. The highest BCUT2D eigenvalue weighted by Crippen LogP contribution is 2.30. The molecule has 2 aromatic heterocycles. The van der Waals surface area contributed by atoms with Gasteiger partial charge in [0, 0.05) is 17.2 Å². The Morgan fingerprint density at radius 3 is 2.82 bits per heavy atom. The Labute approximate surface area is 136 Å². The SMILES string of the molecule is Cc1cc2oc(=O)cc(CSc3nncs3)c2cc1C(C)C. The molecule has 0 amide bonds. The van der Waals surface area contributed by atoms with Crippen molar-refractivity contribution in [3.63, 3.8) is 0 Å². The number of thioether (sulfide) groups is 1. The maximum atomic E-state index is 11.8. The van der Waals surface area contributed by atoms with Gasteiger partial charge in [-0.05, 0) is 41.7 Å². The third-order valence-electron chi connectivity index (χ3n) is 3.53. The molecule has 22 heavy (non-hydrogen) atoms. The molecule has 0 atom stereocenters. The van der Waals surface area contributed by atoms with Crippen LogP contribution in [0.2, 0.25) is 0 Å². The van der Waals surface area contributed by atoms with E-state index in [4.69, 9.17) is 4.42 Å². The fraction of sp³-hybridized carbons (Fsp3) is 0.312. The highest BCUT2D eigenvalue weighted by molar-refractivity contribution is 8.00. The molecule has 0 unspecified atom stereocenters. The summed E-state index contributed by atoms with van der Waals surface area (Å²) in [6, 6.07) is 5.69. The zero-order chi connectivity index (χ0) is 15.7. The number of aryl methyl sites for hydroxylation is 1. The Bertz CT molecular complexity index is 854. The van der Waals surface area contributed by atoms with E-state index in [1.54, 1.807) is 23.3 Å². The van der Waals surface area contributed by atoms with Crippen molar-refractivity contribution >= 4 is 34.1 Å². The lowest BCUT2D eigenvalue weighted by molar-refractivity contribution is 0.559. The summed E-state index contributed by atoms with van der Waals surface area (Å²) in [5.74, 6) is 1.11. The number of hydrogen-bond donors (Lipinski definition) is 0. The van der Waals surface area contributed by atoms with E-state index in [1.807, 2.05) is 6.07 Å². The molecule has 0 N–H and O–H groups in total. The summed E-state index contributed by atoms with van der Waals surface area (Å²) in [4.78, 5) is 11.8. The van der Waals surface area contributed by atoms with Gasteiger partial charge in [-0.25, -0.2) is 4.79 Å². The molecule has 0 aliphatic rings. The number of fused-ring (bicyclic) bond motifs is 1. The molecule has 0 fully saturated rings. The Hall–Kier alpha value is -1.66. The van der Waals surface area contributed by atoms with Gasteiger partial charge in [-0.15, -0.1) is 10.2 Å². The third-order valence-corrected chi connectivity index (χ3v) is 5.44. The molecule has 6 heteroatoms. The first-order valence-corrected chi connectivity index (χ1v) is 8.87. The van der Waals surface area contributed by atoms with Crippen molar-refractivity contribution in [2.75, 3.05) is 0 Å². The Kier molecular flexibility index (Phi) is 4.31. The molecule has 1 aromatic carbocycles. The van der Waals surface area contributed by atoms with Gasteiger partial charge in [-0.1, -0.05) is 36.9 Å². The molecular formula is C16H16N2O2S2. The van der Waals surface area contributed by atoms with Crippen LogP contribution in [0, 0.1) is 6.92 Å². The normalized spacial score (nSPS) is 11.5. The molecule has 4 nitrogen and oxygen atoms in total. The highest BCUT2D eigenvalue weighted by Gasteiger charge is 2.12. The summed E-state index contributed by atoms with van der Waals surface area (Å²) in [7, 11) is 0. The van der Waals surface area contributed by atoms with E-state index < -0.39 is 0 Å². The van der Waals surface area contributed by atoms with Crippen molar-refractivity contribution in [2.24, 2.45) is 0 Å². The Morgan fingerprint density at radius 1 is 1.32 bits per heavy atom. The summed E-state index contributed by atoms with van der Waals surface area (Å²) in [6.45, 7) is 6.39. The molecule has 0 bridgehead atoms. The zero-order valence-corrected chi connectivity index (χ0v) is 14.3. The van der Waals surface area contributed by atoms with Gasteiger partial charge in [-0.2, -0.15) is 0 Å². The van der Waals surface area contributed by atoms with Crippen molar-refractivity contribution in [3.05, 3.63) is 50.8 Å². The lowest BCUT2D eigenvalue weighted by atomic mass is 9.95. The van der Waals surface area contributed by atoms with Gasteiger partial charge in [0.05, 0.1) is 0 Å². The minimum absolute atomic E-state index is 0.308. The minimum Gasteiger partial charge on any atom is -0.423 e. The number of benzene rings is 1. The first-order valence-electron chi connectivity index (χ1n) is 7.01. The van der Waals surface area contributed by atoms with Crippen LogP contribution < -0.4 is 5.63 Å². The summed E-state index contributed by atoms with van der Waals surface area (Å²) >= 11 is 3.09. The zero-order valence-electron chi connectivity index (χ0n) is 12.6. The van der Waals surface area contributed by atoms with Crippen LogP contribution in [0.3, 0.4) is 0 Å². The van der Waals surface area contributed by atoms with Crippen molar-refractivity contribution in [1.29, 1.82) is 0 Å². The van der Waals surface area contributed by atoms with Gasteiger partial charge in [0.1, 0.15) is 11.1 Å². The average molecular weight is 332 g/mol. The van der Waals surface area contributed by atoms with E-state index >= 15 is 0 Å². The van der Waals surface area contributed by atoms with Crippen LogP contribution in [0.25, 0.3) is 11.0 Å². The van der Waals surface area contributed by atoms with E-state index in [0.29, 0.717) is 17.3 Å². The molecule has 2 heterocycles. The molecule has 0 radical (unpaired) electrons. The standard InChI is InChI=1S/C16H16N2O2S2/c1-9(2)12-6-13-11(7-21-16-18-17-8-22-16)5-15(19)20-14(13)4-10(12)3/h4-6,8-9H,7H2,1-3H3. The van der Waals surface area contributed by atoms with Crippen molar-refractivity contribution in [2.45, 2.75) is 36.8 Å². The fourth-order valence-electron chi connectivity index (χ4n) is 2.50. The predicted octanol–water partition coefficient (Wildman–Crippen LogP) is 4.37. The molecule has 0 spiro atoms. The van der Waals surface area contributed by atoms with Crippen LogP contribution in [0.15, 0.2) is 37.3 Å². The van der Waals surface area contributed by atoms with Crippen LogP contribution in [0.4, 0.5) is 0 Å². The quantitative estimate of drug-likeness (QED) is 0.524. The molecule has 3 rings (SSSR count). The molecule has 0 saturated heterocycles. The maximum absolute atomic E-state index is 11.8. The molecule has 0 saturated carbocycles. The largest absolute Gasteiger partial charge is 0.423 e. The third kappa shape index (κ3) is 3.08. The number of nitrogens with zero attached hydrogens (tertiary/aromatic N) is 2. The number of rotatable bonds is 4. The van der Waals surface area contributed by atoms with Gasteiger partial charge in [0.2, 0.25) is 0 Å². The van der Waals surface area contributed by atoms with E-state index in [-0.39, 0.29) is 5.63 Å². The van der Waals surface area contributed by atoms with Gasteiger partial charge in [0.15, 0.2) is 4.34 Å². The number of hydrogen-bond acceptors (Lipinski definition) is 6. The highest BCUT2D eigenvalue weighted by atomic mass is 32.2. The van der Waals surface area contributed by atoms with Crippen molar-refractivity contribution in [1.82, 2.24) is 10.2 Å². The van der Waals surface area contributed by atoms with Gasteiger partial charge >= 0.3 is 5.63 Å². The molecule has 0 aliphatic carbocycles. The van der Waals surface area contributed by atoms with Gasteiger partial charge in [0.25, 0.3) is 0 Å². The van der Waals surface area contributed by atoms with Crippen LogP contribution in [0.1, 0.15) is 36.5 Å². The van der Waals surface area contributed by atoms with Crippen LogP contribution in [-0.4, -0.2) is 10.2 Å². The first kappa shape index (κ1) is 15.2. The molecule has 114 valence electrons. The average Bonchev–Trinajstić information content (AvgIpc) is 2.96. The van der Waals surface area contributed by atoms with Crippen LogP contribution >= 0.6 is 23.1 Å². The molecule has 0 aliphatic heterocycles. The van der Waals surface area contributed by atoms with Crippen molar-refractivity contribution in [3.8, 4) is 0 Å². The van der Waals surface area contributed by atoms with E-state index in [0.717, 1.165) is 20.9 Å². The lowest BCUT2D eigenvalue weighted by Crippen LogP contribution is -2.02. The first-order chi connectivity index (χ1) is 10.5. The van der Waals surface area contributed by atoms with E-state index in [1.165, 1.54) is 16.9 Å². The molecular weight excluding hydrogens is 316 g/mol. The van der Waals surface area contributed by atoms with Gasteiger partial charge < -0.3 is 4.42 Å². The summed E-state index contributed by atoms with van der Waals surface area (Å²) in [5, 5.41) is 8.86. The maximum Gasteiger partial charge on any atom is 0.336 e. The Morgan fingerprint density at radius 2 is 2.14 bits per heavy atom. The van der Waals surface area contributed by atoms with Gasteiger partial charge in [-0.3, -0.25) is 0 Å². The van der Waals surface area contributed by atoms with Crippen LogP contribution in [-0.2, 0) is 5.75 Å². The minimum atomic E-state index is -0.308. The second kappa shape index (κ2) is 6.22. The van der Waals surface area contributed by atoms with Crippen molar-refractivity contribution < 1.29 is 4.42 Å². The second-order valence-corrected chi connectivity index (χ2v) is 7.50. The van der Waals surface area contributed by atoms with E-state index in [9.17, 15) is 4.79 Å². The molecule has 3 aromatic rings.